The molecular formula is C14H13ClN2O3. The number of aromatic nitrogens is 1. The zero-order chi connectivity index (χ0) is 14.5. The fraction of sp³-hybridized carbons (Fsp3) is 0.143. The molecule has 1 heterocycles. The molecule has 1 aromatic carbocycles. The summed E-state index contributed by atoms with van der Waals surface area (Å²) in [5.41, 5.74) is 0.520. The smallest absolute Gasteiger partial charge is 0.356 e. The molecule has 0 aliphatic rings. The van der Waals surface area contributed by atoms with Crippen molar-refractivity contribution in [2.24, 2.45) is 0 Å². The Kier molecular flexibility index (Phi) is 4.42. The van der Waals surface area contributed by atoms with Crippen LogP contribution in [0.15, 0.2) is 36.4 Å². The van der Waals surface area contributed by atoms with Gasteiger partial charge in [0.25, 0.3) is 0 Å². The van der Waals surface area contributed by atoms with E-state index in [1.165, 1.54) is 6.07 Å². The SMILES string of the molecule is CCOc1ccccc1Nc1ccc(Cl)c(C(=O)O)n1. The molecule has 1 aromatic heterocycles. The maximum atomic E-state index is 11.0. The first-order valence-electron chi connectivity index (χ1n) is 6.00. The fourth-order valence-corrected chi connectivity index (χ4v) is 1.84. The van der Waals surface area contributed by atoms with Gasteiger partial charge >= 0.3 is 5.97 Å². The maximum Gasteiger partial charge on any atom is 0.356 e. The van der Waals surface area contributed by atoms with Crippen molar-refractivity contribution in [2.45, 2.75) is 6.92 Å². The molecule has 0 spiro atoms. The van der Waals surface area contributed by atoms with E-state index in [0.717, 1.165) is 0 Å². The number of carboxylic acid groups (broad SMARTS) is 1. The van der Waals surface area contributed by atoms with E-state index >= 15 is 0 Å². The molecule has 0 aliphatic carbocycles. The van der Waals surface area contributed by atoms with Gasteiger partial charge in [-0.05, 0) is 31.2 Å². The summed E-state index contributed by atoms with van der Waals surface area (Å²) in [4.78, 5) is 15.0. The lowest BCUT2D eigenvalue weighted by atomic mass is 10.3. The third-order valence-corrected chi connectivity index (χ3v) is 2.80. The number of anilines is 2. The van der Waals surface area contributed by atoms with Gasteiger partial charge in [0, 0.05) is 0 Å². The lowest BCUT2D eigenvalue weighted by Crippen LogP contribution is -2.05. The number of hydrogen-bond donors (Lipinski definition) is 2. The number of carbonyl (C=O) groups is 1. The number of pyridine rings is 1. The number of hydrogen-bond acceptors (Lipinski definition) is 4. The number of para-hydroxylation sites is 2. The Morgan fingerprint density at radius 2 is 2.10 bits per heavy atom. The van der Waals surface area contributed by atoms with Crippen molar-refractivity contribution >= 4 is 29.1 Å². The average molecular weight is 293 g/mol. The quantitative estimate of drug-likeness (QED) is 0.881. The Balaban J connectivity index is 2.31. The van der Waals surface area contributed by atoms with E-state index in [1.807, 2.05) is 31.2 Å². The van der Waals surface area contributed by atoms with Crippen molar-refractivity contribution in [3.8, 4) is 5.75 Å². The van der Waals surface area contributed by atoms with Gasteiger partial charge in [0.1, 0.15) is 11.6 Å². The van der Waals surface area contributed by atoms with Crippen LogP contribution in [0.25, 0.3) is 0 Å². The van der Waals surface area contributed by atoms with Crippen molar-refractivity contribution in [3.63, 3.8) is 0 Å². The van der Waals surface area contributed by atoms with Crippen LogP contribution in [0.3, 0.4) is 0 Å². The minimum Gasteiger partial charge on any atom is -0.492 e. The van der Waals surface area contributed by atoms with Crippen LogP contribution in [0.1, 0.15) is 17.4 Å². The molecule has 2 N–H and O–H groups in total. The van der Waals surface area contributed by atoms with Gasteiger partial charge in [0.05, 0.1) is 17.3 Å². The molecular weight excluding hydrogens is 280 g/mol. The molecule has 2 aromatic rings. The third kappa shape index (κ3) is 3.19. The highest BCUT2D eigenvalue weighted by molar-refractivity contribution is 6.33. The Morgan fingerprint density at radius 1 is 1.35 bits per heavy atom. The molecule has 0 fully saturated rings. The third-order valence-electron chi connectivity index (χ3n) is 2.50. The van der Waals surface area contributed by atoms with Crippen LogP contribution in [0.4, 0.5) is 11.5 Å². The zero-order valence-corrected chi connectivity index (χ0v) is 11.5. The summed E-state index contributed by atoms with van der Waals surface area (Å²) in [6.45, 7) is 2.42. The molecule has 0 saturated heterocycles. The highest BCUT2D eigenvalue weighted by Gasteiger charge is 2.12. The predicted octanol–water partition coefficient (Wildman–Crippen LogP) is 3.58. The van der Waals surface area contributed by atoms with Gasteiger partial charge in [-0.1, -0.05) is 23.7 Å². The molecule has 0 saturated carbocycles. The van der Waals surface area contributed by atoms with Gasteiger partial charge in [-0.15, -0.1) is 0 Å². The van der Waals surface area contributed by atoms with E-state index in [4.69, 9.17) is 21.4 Å². The normalized spacial score (nSPS) is 10.1. The molecule has 2 rings (SSSR count). The molecule has 0 amide bonds. The van der Waals surface area contributed by atoms with Crippen LogP contribution in [0.2, 0.25) is 5.02 Å². The summed E-state index contributed by atoms with van der Waals surface area (Å²) < 4.78 is 5.48. The van der Waals surface area contributed by atoms with E-state index in [9.17, 15) is 4.79 Å². The first-order valence-corrected chi connectivity index (χ1v) is 6.38. The van der Waals surface area contributed by atoms with Gasteiger partial charge in [-0.2, -0.15) is 0 Å². The van der Waals surface area contributed by atoms with Crippen molar-refractivity contribution in [2.75, 3.05) is 11.9 Å². The van der Waals surface area contributed by atoms with Gasteiger partial charge < -0.3 is 15.2 Å². The van der Waals surface area contributed by atoms with E-state index in [2.05, 4.69) is 10.3 Å². The molecule has 104 valence electrons. The summed E-state index contributed by atoms with van der Waals surface area (Å²) in [7, 11) is 0. The van der Waals surface area contributed by atoms with E-state index in [-0.39, 0.29) is 10.7 Å². The number of aromatic carboxylic acids is 1. The topological polar surface area (TPSA) is 71.5 Å². The van der Waals surface area contributed by atoms with Gasteiger partial charge in [-0.3, -0.25) is 0 Å². The number of nitrogens with one attached hydrogen (secondary N) is 1. The van der Waals surface area contributed by atoms with Crippen molar-refractivity contribution in [1.82, 2.24) is 4.98 Å². The van der Waals surface area contributed by atoms with Gasteiger partial charge in [-0.25, -0.2) is 9.78 Å². The van der Waals surface area contributed by atoms with E-state index in [1.54, 1.807) is 6.07 Å². The average Bonchev–Trinajstić information content (AvgIpc) is 2.43. The molecule has 0 atom stereocenters. The van der Waals surface area contributed by atoms with E-state index in [0.29, 0.717) is 23.9 Å². The number of ether oxygens (including phenoxy) is 1. The van der Waals surface area contributed by atoms with Crippen molar-refractivity contribution in [3.05, 3.63) is 47.1 Å². The predicted molar refractivity (Wildman–Crippen MR) is 77.1 cm³/mol. The summed E-state index contributed by atoms with van der Waals surface area (Å²) in [5, 5.41) is 12.1. The Bertz CT molecular complexity index is 632. The van der Waals surface area contributed by atoms with Crippen LogP contribution in [-0.4, -0.2) is 22.7 Å². The summed E-state index contributed by atoms with van der Waals surface area (Å²) in [5.74, 6) is -0.112. The molecule has 0 bridgehead atoms. The Hall–Kier alpha value is -2.27. The second-order valence-electron chi connectivity index (χ2n) is 3.89. The van der Waals surface area contributed by atoms with Crippen molar-refractivity contribution < 1.29 is 14.6 Å². The molecule has 0 radical (unpaired) electrons. The largest absolute Gasteiger partial charge is 0.492 e. The summed E-state index contributed by atoms with van der Waals surface area (Å²) >= 11 is 5.78. The lowest BCUT2D eigenvalue weighted by Gasteiger charge is -2.12. The number of nitrogens with zero attached hydrogens (tertiary/aromatic N) is 1. The number of carboxylic acids is 1. The van der Waals surface area contributed by atoms with Crippen molar-refractivity contribution in [1.29, 1.82) is 0 Å². The van der Waals surface area contributed by atoms with Crippen LogP contribution in [0.5, 0.6) is 5.75 Å². The second kappa shape index (κ2) is 6.25. The lowest BCUT2D eigenvalue weighted by molar-refractivity contribution is 0.0691. The second-order valence-corrected chi connectivity index (χ2v) is 4.29. The van der Waals surface area contributed by atoms with Crippen LogP contribution in [-0.2, 0) is 0 Å². The minimum absolute atomic E-state index is 0.0983. The van der Waals surface area contributed by atoms with Crippen LogP contribution in [0, 0.1) is 0 Å². The number of rotatable bonds is 5. The van der Waals surface area contributed by atoms with Crippen LogP contribution >= 0.6 is 11.6 Å². The highest BCUT2D eigenvalue weighted by Crippen LogP contribution is 2.27. The highest BCUT2D eigenvalue weighted by atomic mass is 35.5. The van der Waals surface area contributed by atoms with E-state index < -0.39 is 5.97 Å². The molecule has 6 heteroatoms. The Morgan fingerprint density at radius 3 is 2.80 bits per heavy atom. The van der Waals surface area contributed by atoms with Gasteiger partial charge in [0.15, 0.2) is 5.69 Å². The number of halogens is 1. The minimum atomic E-state index is -1.17. The zero-order valence-electron chi connectivity index (χ0n) is 10.8. The maximum absolute atomic E-state index is 11.0. The standard InChI is InChI=1S/C14H13ClN2O3/c1-2-20-11-6-4-3-5-10(11)16-12-8-7-9(15)13(17-12)14(18)19/h3-8H,2H2,1H3,(H,16,17)(H,18,19). The molecule has 5 nitrogen and oxygen atoms in total. The molecule has 0 aliphatic heterocycles. The first-order chi connectivity index (χ1) is 9.61. The Labute approximate surface area is 121 Å². The summed E-state index contributed by atoms with van der Waals surface area (Å²) in [6.07, 6.45) is 0. The first kappa shape index (κ1) is 14.1. The molecule has 20 heavy (non-hydrogen) atoms. The summed E-state index contributed by atoms with van der Waals surface area (Å²) in [6, 6.07) is 10.4. The fourth-order valence-electron chi connectivity index (χ4n) is 1.65. The molecule has 0 unspecified atom stereocenters. The van der Waals surface area contributed by atoms with Gasteiger partial charge in [0.2, 0.25) is 0 Å². The van der Waals surface area contributed by atoms with Crippen LogP contribution < -0.4 is 10.1 Å². The monoisotopic (exact) mass is 292 g/mol. The number of benzene rings is 1.